The molecule has 2 aliphatic rings. The van der Waals surface area contributed by atoms with Crippen molar-refractivity contribution >= 4 is 29.6 Å². The summed E-state index contributed by atoms with van der Waals surface area (Å²) in [7, 11) is 0. The molecule has 1 amide bonds. The Morgan fingerprint density at radius 1 is 0.943 bits per heavy atom. The third-order valence-corrected chi connectivity index (χ3v) is 7.74. The van der Waals surface area contributed by atoms with Gasteiger partial charge in [-0.05, 0) is 54.4 Å². The lowest BCUT2D eigenvalue weighted by Gasteiger charge is -2.35. The van der Waals surface area contributed by atoms with Crippen LogP contribution in [-0.4, -0.2) is 60.0 Å². The van der Waals surface area contributed by atoms with Gasteiger partial charge in [0.15, 0.2) is 0 Å². The number of halogens is 1. The molecule has 1 unspecified atom stereocenters. The van der Waals surface area contributed by atoms with Crippen LogP contribution in [0.4, 0.5) is 10.2 Å². The largest absolute Gasteiger partial charge is 0.354 e. The monoisotopic (exact) mass is 488 g/mol. The van der Waals surface area contributed by atoms with Crippen LogP contribution in [0.2, 0.25) is 0 Å². The molecule has 2 fully saturated rings. The number of nitrogens with zero attached hydrogens (tertiary/aromatic N) is 4. The second-order valence-corrected chi connectivity index (χ2v) is 9.94. The van der Waals surface area contributed by atoms with E-state index in [-0.39, 0.29) is 17.1 Å². The molecule has 2 aliphatic heterocycles. The molecule has 0 saturated carbocycles. The van der Waals surface area contributed by atoms with E-state index in [1.807, 2.05) is 65.7 Å². The highest BCUT2D eigenvalue weighted by atomic mass is 32.2. The first-order valence-corrected chi connectivity index (χ1v) is 12.9. The number of piperazine rings is 1. The Kier molecular flexibility index (Phi) is 7.45. The maximum Gasteiger partial charge on any atom is 0.261 e. The molecule has 3 heterocycles. The number of anilines is 1. The van der Waals surface area contributed by atoms with Crippen molar-refractivity contribution < 1.29 is 9.18 Å². The molecule has 5 nitrogen and oxygen atoms in total. The first-order chi connectivity index (χ1) is 17.2. The number of pyridine rings is 1. The smallest absolute Gasteiger partial charge is 0.261 e. The number of thioether (sulfide) groups is 1. The maximum absolute atomic E-state index is 14.0. The average molecular weight is 489 g/mol. The first-order valence-electron chi connectivity index (χ1n) is 12.1. The number of carbonyl (C=O) groups excluding carboxylic acids is 1. The molecule has 3 aromatic rings. The van der Waals surface area contributed by atoms with Gasteiger partial charge in [0.2, 0.25) is 0 Å². The van der Waals surface area contributed by atoms with E-state index in [1.165, 1.54) is 17.8 Å². The van der Waals surface area contributed by atoms with Gasteiger partial charge in [-0.25, -0.2) is 9.37 Å². The number of benzene rings is 2. The summed E-state index contributed by atoms with van der Waals surface area (Å²) in [6, 6.07) is 22.5. The van der Waals surface area contributed by atoms with Crippen molar-refractivity contribution in [3.05, 3.63) is 101 Å². The Bertz CT molecular complexity index is 1170. The van der Waals surface area contributed by atoms with Crippen molar-refractivity contribution in [2.45, 2.75) is 11.8 Å². The SMILES string of the molecule is O=C1/C(=C/c2ccccc2)SC(c2cccc(F)c2)N1CCCN1CCN(c2ccccn2)CC1. The molecule has 0 bridgehead atoms. The number of hydrogen-bond donors (Lipinski definition) is 0. The summed E-state index contributed by atoms with van der Waals surface area (Å²) in [6.45, 7) is 5.42. The van der Waals surface area contributed by atoms with Crippen LogP contribution in [0.1, 0.15) is 22.9 Å². The highest BCUT2D eigenvalue weighted by Gasteiger charge is 2.37. The van der Waals surface area contributed by atoms with Gasteiger partial charge in [-0.1, -0.05) is 60.3 Å². The molecule has 0 aliphatic carbocycles. The Morgan fingerprint density at radius 3 is 2.49 bits per heavy atom. The Balaban J connectivity index is 1.23. The molecule has 1 atom stereocenters. The highest BCUT2D eigenvalue weighted by molar-refractivity contribution is 8.04. The lowest BCUT2D eigenvalue weighted by atomic mass is 10.1. The first kappa shape index (κ1) is 23.6. The quantitative estimate of drug-likeness (QED) is 0.436. The molecule has 7 heteroatoms. The molecular formula is C28H29FN4OS. The summed E-state index contributed by atoms with van der Waals surface area (Å²) < 4.78 is 14.0. The van der Waals surface area contributed by atoms with E-state index >= 15 is 0 Å². The average Bonchev–Trinajstić information content (AvgIpc) is 3.20. The van der Waals surface area contributed by atoms with Crippen molar-refractivity contribution in [2.75, 3.05) is 44.2 Å². The van der Waals surface area contributed by atoms with Gasteiger partial charge in [0.05, 0.1) is 4.91 Å². The third-order valence-electron chi connectivity index (χ3n) is 6.44. The predicted molar refractivity (Wildman–Crippen MR) is 140 cm³/mol. The second-order valence-electron chi connectivity index (χ2n) is 8.81. The molecular weight excluding hydrogens is 459 g/mol. The van der Waals surface area contributed by atoms with Gasteiger partial charge < -0.3 is 9.80 Å². The van der Waals surface area contributed by atoms with Crippen LogP contribution in [0, 0.1) is 5.82 Å². The molecule has 2 aromatic carbocycles. The van der Waals surface area contributed by atoms with Gasteiger partial charge in [-0.3, -0.25) is 9.69 Å². The van der Waals surface area contributed by atoms with Crippen molar-refractivity contribution in [3.8, 4) is 0 Å². The summed E-state index contributed by atoms with van der Waals surface area (Å²) in [5.74, 6) is 0.775. The van der Waals surface area contributed by atoms with E-state index in [0.29, 0.717) is 11.4 Å². The topological polar surface area (TPSA) is 39.7 Å². The highest BCUT2D eigenvalue weighted by Crippen LogP contribution is 2.46. The van der Waals surface area contributed by atoms with E-state index in [9.17, 15) is 9.18 Å². The number of amides is 1. The van der Waals surface area contributed by atoms with Gasteiger partial charge in [0, 0.05) is 38.9 Å². The number of carbonyl (C=O) groups is 1. The molecule has 0 N–H and O–H groups in total. The van der Waals surface area contributed by atoms with Crippen molar-refractivity contribution in [3.63, 3.8) is 0 Å². The van der Waals surface area contributed by atoms with Crippen molar-refractivity contribution in [1.29, 1.82) is 0 Å². The Morgan fingerprint density at radius 2 is 1.74 bits per heavy atom. The number of hydrogen-bond acceptors (Lipinski definition) is 5. The summed E-state index contributed by atoms with van der Waals surface area (Å²) in [5.41, 5.74) is 1.82. The summed E-state index contributed by atoms with van der Waals surface area (Å²) in [5, 5.41) is -0.214. The molecule has 5 rings (SSSR count). The fourth-order valence-electron chi connectivity index (χ4n) is 4.61. The zero-order valence-electron chi connectivity index (χ0n) is 19.6. The van der Waals surface area contributed by atoms with Gasteiger partial charge in [-0.15, -0.1) is 0 Å². The van der Waals surface area contributed by atoms with Crippen LogP contribution in [0.3, 0.4) is 0 Å². The van der Waals surface area contributed by atoms with E-state index < -0.39 is 0 Å². The fraction of sp³-hybridized carbons (Fsp3) is 0.286. The van der Waals surface area contributed by atoms with E-state index in [0.717, 1.165) is 56.1 Å². The van der Waals surface area contributed by atoms with Crippen molar-refractivity contribution in [1.82, 2.24) is 14.8 Å². The van der Waals surface area contributed by atoms with Gasteiger partial charge >= 0.3 is 0 Å². The number of rotatable bonds is 7. The van der Waals surface area contributed by atoms with Gasteiger partial charge in [0.25, 0.3) is 5.91 Å². The van der Waals surface area contributed by atoms with Crippen LogP contribution < -0.4 is 4.90 Å². The third kappa shape index (κ3) is 5.74. The Labute approximate surface area is 210 Å². The van der Waals surface area contributed by atoms with Crippen LogP contribution in [0.15, 0.2) is 83.9 Å². The lowest BCUT2D eigenvalue weighted by molar-refractivity contribution is -0.126. The van der Waals surface area contributed by atoms with E-state index in [1.54, 1.807) is 12.1 Å². The summed E-state index contributed by atoms with van der Waals surface area (Å²) in [6.07, 6.45) is 4.65. The van der Waals surface area contributed by atoms with Crippen LogP contribution in [0.25, 0.3) is 6.08 Å². The standard InChI is InChI=1S/C28H29FN4OS/c29-24-11-6-10-23(21-24)28-33(27(34)25(35-28)20-22-8-2-1-3-9-22)15-7-14-31-16-18-32(19-17-31)26-12-4-5-13-30-26/h1-6,8-13,20-21,28H,7,14-19H2/b25-20-. The van der Waals surface area contributed by atoms with Crippen LogP contribution >= 0.6 is 11.8 Å². The lowest BCUT2D eigenvalue weighted by Crippen LogP contribution is -2.47. The summed E-state index contributed by atoms with van der Waals surface area (Å²) in [4.78, 5) is 25.2. The molecule has 0 spiro atoms. The summed E-state index contributed by atoms with van der Waals surface area (Å²) >= 11 is 1.51. The zero-order chi connectivity index (χ0) is 24.0. The maximum atomic E-state index is 14.0. The Hall–Kier alpha value is -3.16. The molecule has 180 valence electrons. The predicted octanol–water partition coefficient (Wildman–Crippen LogP) is 5.05. The minimum atomic E-state index is -0.276. The van der Waals surface area contributed by atoms with Crippen LogP contribution in [-0.2, 0) is 4.79 Å². The zero-order valence-corrected chi connectivity index (χ0v) is 20.4. The number of aromatic nitrogens is 1. The second kappa shape index (κ2) is 11.1. The minimum absolute atomic E-state index is 0.0214. The van der Waals surface area contributed by atoms with Crippen LogP contribution in [0.5, 0.6) is 0 Å². The fourth-order valence-corrected chi connectivity index (χ4v) is 5.89. The molecule has 0 radical (unpaired) electrons. The molecule has 2 saturated heterocycles. The van der Waals surface area contributed by atoms with Gasteiger partial charge in [0.1, 0.15) is 17.0 Å². The minimum Gasteiger partial charge on any atom is -0.354 e. The van der Waals surface area contributed by atoms with E-state index in [4.69, 9.17) is 0 Å². The van der Waals surface area contributed by atoms with Crippen molar-refractivity contribution in [2.24, 2.45) is 0 Å². The normalized spacial score (nSPS) is 20.1. The van der Waals surface area contributed by atoms with Gasteiger partial charge in [-0.2, -0.15) is 0 Å². The molecule has 1 aromatic heterocycles. The van der Waals surface area contributed by atoms with E-state index in [2.05, 4.69) is 20.9 Å². The molecule has 35 heavy (non-hydrogen) atoms.